The van der Waals surface area contributed by atoms with Gasteiger partial charge in [0.2, 0.25) is 0 Å². The van der Waals surface area contributed by atoms with Crippen molar-refractivity contribution in [3.63, 3.8) is 0 Å². The zero-order valence-electron chi connectivity index (χ0n) is 17.5. The number of fused-ring (bicyclic) bond motifs is 1. The highest BCUT2D eigenvalue weighted by Crippen LogP contribution is 2.29. The van der Waals surface area contributed by atoms with Gasteiger partial charge in [-0.05, 0) is 29.3 Å². The molecule has 1 aliphatic rings. The topological polar surface area (TPSA) is 50.3 Å². The van der Waals surface area contributed by atoms with Crippen molar-refractivity contribution in [3.8, 4) is 0 Å². The number of imidazole rings is 1. The number of nitrogens with one attached hydrogen (secondary N) is 1. The molecule has 3 aromatic carbocycles. The zero-order valence-corrected chi connectivity index (χ0v) is 19.1. The summed E-state index contributed by atoms with van der Waals surface area (Å²) in [6.45, 7) is 3.09. The number of ether oxygens (including phenoxy) is 1. The Morgan fingerprint density at radius 3 is 2.50 bits per heavy atom. The number of aromatic amines is 1. The van der Waals surface area contributed by atoms with Gasteiger partial charge in [0.1, 0.15) is 0 Å². The molecule has 0 radical (unpaired) electrons. The van der Waals surface area contributed by atoms with Crippen molar-refractivity contribution in [1.29, 1.82) is 0 Å². The van der Waals surface area contributed by atoms with Gasteiger partial charge >= 0.3 is 5.69 Å². The molecule has 0 saturated carbocycles. The summed E-state index contributed by atoms with van der Waals surface area (Å²) in [5.41, 5.74) is 3.72. The summed E-state index contributed by atoms with van der Waals surface area (Å²) < 4.78 is 8.09. The first-order valence-corrected chi connectivity index (χ1v) is 10.9. The predicted octanol–water partition coefficient (Wildman–Crippen LogP) is 4.90. The third-order valence-corrected chi connectivity index (χ3v) is 6.11. The number of rotatable bonds is 5. The molecule has 0 spiro atoms. The van der Waals surface area contributed by atoms with E-state index in [4.69, 9.17) is 16.3 Å². The molecular formula is C25H25Cl2N3O2. The second kappa shape index (κ2) is 9.92. The maximum Gasteiger partial charge on any atom is 0.327 e. The normalized spacial score (nSPS) is 17.7. The molecule has 7 heteroatoms. The molecule has 4 aromatic rings. The molecule has 2 heterocycles. The van der Waals surface area contributed by atoms with E-state index in [1.54, 1.807) is 6.07 Å². The van der Waals surface area contributed by atoms with Gasteiger partial charge in [0.25, 0.3) is 0 Å². The van der Waals surface area contributed by atoms with E-state index in [-0.39, 0.29) is 30.2 Å². The minimum Gasteiger partial charge on any atom is -0.373 e. The number of aromatic nitrogens is 2. The Bertz CT molecular complexity index is 1220. The Morgan fingerprint density at radius 2 is 1.75 bits per heavy atom. The van der Waals surface area contributed by atoms with Gasteiger partial charge in [0.05, 0.1) is 29.8 Å². The van der Waals surface area contributed by atoms with E-state index in [0.717, 1.165) is 36.2 Å². The van der Waals surface area contributed by atoms with Gasteiger partial charge in [-0.1, -0.05) is 72.3 Å². The quantitative estimate of drug-likeness (QED) is 0.452. The summed E-state index contributed by atoms with van der Waals surface area (Å²) in [5.74, 6) is 0. The van der Waals surface area contributed by atoms with Crippen LogP contribution >= 0.6 is 24.0 Å². The molecule has 2 unspecified atom stereocenters. The SMILES string of the molecule is Cl.O=c1[nH]c2cc(Cl)ccc2n1C(c1ccccc1)C1CN(Cc2ccccc2)CCO1. The van der Waals surface area contributed by atoms with Gasteiger partial charge in [0, 0.05) is 24.7 Å². The van der Waals surface area contributed by atoms with Crippen molar-refractivity contribution in [2.75, 3.05) is 19.7 Å². The maximum absolute atomic E-state index is 13.1. The first-order valence-electron chi connectivity index (χ1n) is 10.5. The second-order valence-electron chi connectivity index (χ2n) is 7.95. The standard InChI is InChI=1S/C25H24ClN3O2.ClH/c26-20-11-12-22-21(15-20)27-25(30)29(22)24(19-9-5-2-6-10-19)23-17-28(13-14-31-23)16-18-7-3-1-4-8-18;/h1-12,15,23-24H,13-14,16-17H2,(H,27,30);1H. The van der Waals surface area contributed by atoms with Crippen LogP contribution in [0.5, 0.6) is 0 Å². The fourth-order valence-corrected chi connectivity index (χ4v) is 4.64. The fraction of sp³-hybridized carbons (Fsp3) is 0.240. The van der Waals surface area contributed by atoms with E-state index >= 15 is 0 Å². The molecule has 0 aliphatic carbocycles. The van der Waals surface area contributed by atoms with Gasteiger partial charge < -0.3 is 9.72 Å². The lowest BCUT2D eigenvalue weighted by atomic mass is 9.99. The minimum atomic E-state index is -0.248. The highest BCUT2D eigenvalue weighted by atomic mass is 35.5. The number of hydrogen-bond donors (Lipinski definition) is 1. The summed E-state index contributed by atoms with van der Waals surface area (Å²) in [7, 11) is 0. The van der Waals surface area contributed by atoms with Crippen molar-refractivity contribution >= 4 is 35.0 Å². The number of benzene rings is 3. The van der Waals surface area contributed by atoms with Crippen LogP contribution in [0.2, 0.25) is 5.02 Å². The van der Waals surface area contributed by atoms with E-state index in [9.17, 15) is 4.79 Å². The van der Waals surface area contributed by atoms with Crippen LogP contribution in [-0.4, -0.2) is 40.3 Å². The molecule has 0 bridgehead atoms. The first kappa shape index (κ1) is 22.6. The first-order chi connectivity index (χ1) is 15.2. The van der Waals surface area contributed by atoms with Crippen LogP contribution in [0.15, 0.2) is 83.7 Å². The number of halogens is 2. The molecule has 1 aromatic heterocycles. The average molecular weight is 470 g/mol. The monoisotopic (exact) mass is 469 g/mol. The summed E-state index contributed by atoms with van der Waals surface area (Å²) in [6.07, 6.45) is -0.160. The van der Waals surface area contributed by atoms with Crippen LogP contribution in [0.25, 0.3) is 11.0 Å². The van der Waals surface area contributed by atoms with Crippen LogP contribution in [0.4, 0.5) is 0 Å². The van der Waals surface area contributed by atoms with Gasteiger partial charge in [0.15, 0.2) is 0 Å². The average Bonchev–Trinajstić information content (AvgIpc) is 3.10. The van der Waals surface area contributed by atoms with Crippen LogP contribution in [0.1, 0.15) is 17.2 Å². The van der Waals surface area contributed by atoms with Gasteiger partial charge in [-0.25, -0.2) is 4.79 Å². The number of hydrogen-bond acceptors (Lipinski definition) is 3. The Balaban J connectivity index is 0.00000245. The molecule has 32 heavy (non-hydrogen) atoms. The van der Waals surface area contributed by atoms with E-state index in [1.807, 2.05) is 41.0 Å². The molecular weight excluding hydrogens is 445 g/mol. The maximum atomic E-state index is 13.1. The molecule has 1 N–H and O–H groups in total. The lowest BCUT2D eigenvalue weighted by Gasteiger charge is -2.37. The fourth-order valence-electron chi connectivity index (χ4n) is 4.47. The molecule has 1 saturated heterocycles. The lowest BCUT2D eigenvalue weighted by molar-refractivity contribution is -0.0489. The number of H-pyrrole nitrogens is 1. The summed E-state index contributed by atoms with van der Waals surface area (Å²) >= 11 is 6.16. The Hall–Kier alpha value is -2.57. The van der Waals surface area contributed by atoms with Crippen molar-refractivity contribution in [3.05, 3.63) is 105 Å². The highest BCUT2D eigenvalue weighted by molar-refractivity contribution is 6.31. The smallest absolute Gasteiger partial charge is 0.327 e. The number of morpholine rings is 1. The highest BCUT2D eigenvalue weighted by Gasteiger charge is 2.32. The lowest BCUT2D eigenvalue weighted by Crippen LogP contribution is -2.47. The van der Waals surface area contributed by atoms with Gasteiger partial charge in [-0.3, -0.25) is 9.47 Å². The number of nitrogens with zero attached hydrogens (tertiary/aromatic N) is 2. The molecule has 1 aliphatic heterocycles. The van der Waals surface area contributed by atoms with Crippen LogP contribution in [0.3, 0.4) is 0 Å². The molecule has 5 nitrogen and oxygen atoms in total. The van der Waals surface area contributed by atoms with E-state index in [2.05, 4.69) is 46.3 Å². The van der Waals surface area contributed by atoms with Crippen LogP contribution in [-0.2, 0) is 11.3 Å². The summed E-state index contributed by atoms with van der Waals surface area (Å²) in [6, 6.07) is 25.8. The van der Waals surface area contributed by atoms with Crippen molar-refractivity contribution in [2.24, 2.45) is 0 Å². The van der Waals surface area contributed by atoms with Crippen LogP contribution in [0, 0.1) is 0 Å². The van der Waals surface area contributed by atoms with E-state index < -0.39 is 0 Å². The van der Waals surface area contributed by atoms with Gasteiger partial charge in [-0.2, -0.15) is 0 Å². The van der Waals surface area contributed by atoms with Gasteiger partial charge in [-0.15, -0.1) is 12.4 Å². The van der Waals surface area contributed by atoms with E-state index in [1.165, 1.54) is 5.56 Å². The Morgan fingerprint density at radius 1 is 1.03 bits per heavy atom. The molecule has 1 fully saturated rings. The third-order valence-electron chi connectivity index (χ3n) is 5.88. The van der Waals surface area contributed by atoms with E-state index in [0.29, 0.717) is 11.6 Å². The largest absolute Gasteiger partial charge is 0.373 e. The second-order valence-corrected chi connectivity index (χ2v) is 8.38. The molecule has 2 atom stereocenters. The molecule has 0 amide bonds. The summed E-state index contributed by atoms with van der Waals surface area (Å²) in [4.78, 5) is 18.4. The zero-order chi connectivity index (χ0) is 21.2. The summed E-state index contributed by atoms with van der Waals surface area (Å²) in [5, 5.41) is 0.597. The Labute approximate surface area is 198 Å². The van der Waals surface area contributed by atoms with Crippen molar-refractivity contribution in [2.45, 2.75) is 18.7 Å². The molecule has 166 valence electrons. The van der Waals surface area contributed by atoms with Crippen molar-refractivity contribution < 1.29 is 4.74 Å². The molecule has 5 rings (SSSR count). The third kappa shape index (κ3) is 4.62. The predicted molar refractivity (Wildman–Crippen MR) is 131 cm³/mol. The van der Waals surface area contributed by atoms with Crippen molar-refractivity contribution in [1.82, 2.24) is 14.5 Å². The van der Waals surface area contributed by atoms with Crippen LogP contribution < -0.4 is 5.69 Å². The Kier molecular flexibility index (Phi) is 7.01. The minimum absolute atomic E-state index is 0.